The van der Waals surface area contributed by atoms with Crippen LogP contribution in [-0.4, -0.2) is 7.33 Å². The maximum absolute atomic E-state index is 4.17. The van der Waals surface area contributed by atoms with E-state index in [1.807, 2.05) is 6.92 Å². The van der Waals surface area contributed by atoms with E-state index in [4.69, 9.17) is 0 Å². The van der Waals surface area contributed by atoms with Crippen LogP contribution in [0.5, 0.6) is 0 Å². The maximum Gasteiger partial charge on any atom is 0.108 e. The first-order chi connectivity index (χ1) is 3.92. The zero-order valence-corrected chi connectivity index (χ0v) is 9.89. The Hall–Kier alpha value is 2.10. The molecule has 0 aromatic carbocycles. The molecule has 0 radical (unpaired) electrons. The lowest BCUT2D eigenvalue weighted by molar-refractivity contribution is 1.37. The third-order valence-corrected chi connectivity index (χ3v) is 5.52. The van der Waals surface area contributed by atoms with Gasteiger partial charge in [-0.3, -0.25) is 0 Å². The highest BCUT2D eigenvalue weighted by molar-refractivity contribution is 8.82. The van der Waals surface area contributed by atoms with Gasteiger partial charge in [-0.2, -0.15) is 50.5 Å². The number of rotatable bonds is 3. The summed E-state index contributed by atoms with van der Waals surface area (Å²) in [5.41, 5.74) is 0. The van der Waals surface area contributed by atoms with Crippen molar-refractivity contribution in [2.45, 2.75) is 14.2 Å². The molecular weight excluding hydrogens is 228 g/mol. The SMILES string of the molecule is CC(S)(S)SSC(S)S. The molecule has 9 heavy (non-hydrogen) atoms. The van der Waals surface area contributed by atoms with Crippen LogP contribution in [0.25, 0.3) is 0 Å². The number of hydrogen-bond acceptors (Lipinski definition) is 6. The molecule has 0 nitrogen and oxygen atoms in total. The van der Waals surface area contributed by atoms with E-state index in [1.54, 1.807) is 0 Å². The van der Waals surface area contributed by atoms with Crippen LogP contribution >= 0.6 is 72.1 Å². The maximum atomic E-state index is 4.17. The molecule has 6 heteroatoms. The molecule has 0 saturated heterocycles. The summed E-state index contributed by atoms with van der Waals surface area (Å²) < 4.78 is -0.261. The Balaban J connectivity index is 3.28. The summed E-state index contributed by atoms with van der Waals surface area (Å²) in [6.07, 6.45) is 0. The van der Waals surface area contributed by atoms with E-state index in [0.717, 1.165) is 0 Å². The van der Waals surface area contributed by atoms with E-state index in [2.05, 4.69) is 50.5 Å². The second-order valence-electron chi connectivity index (χ2n) is 1.44. The first-order valence-corrected chi connectivity index (χ1v) is 6.21. The Morgan fingerprint density at radius 3 is 1.89 bits per heavy atom. The van der Waals surface area contributed by atoms with Crippen LogP contribution in [0.4, 0.5) is 0 Å². The molecule has 0 N–H and O–H groups in total. The van der Waals surface area contributed by atoms with Crippen molar-refractivity contribution < 1.29 is 0 Å². The number of thiol groups is 4. The topological polar surface area (TPSA) is 0 Å². The fraction of sp³-hybridized carbons (Fsp3) is 1.00. The highest BCUT2D eigenvalue weighted by Gasteiger charge is 2.14. The first-order valence-electron chi connectivity index (χ1n) is 2.07. The molecule has 0 atom stereocenters. The Bertz CT molecular complexity index is 72.9. The van der Waals surface area contributed by atoms with Gasteiger partial charge in [0.15, 0.2) is 0 Å². The van der Waals surface area contributed by atoms with E-state index in [0.29, 0.717) is 0 Å². The molecule has 0 fully saturated rings. The summed E-state index contributed by atoms with van der Waals surface area (Å²) in [6.45, 7) is 1.90. The Morgan fingerprint density at radius 1 is 1.33 bits per heavy atom. The Kier molecular flexibility index (Phi) is 6.01. The van der Waals surface area contributed by atoms with Crippen molar-refractivity contribution in [3.63, 3.8) is 0 Å². The molecule has 0 spiro atoms. The lowest BCUT2D eigenvalue weighted by atomic mass is 10.9. The second-order valence-corrected chi connectivity index (χ2v) is 9.05. The predicted molar refractivity (Wildman–Crippen MR) is 63.3 cm³/mol. The normalized spacial score (nSPS) is 12.7. The lowest BCUT2D eigenvalue weighted by Gasteiger charge is -2.14. The third-order valence-electron chi connectivity index (χ3n) is 0.292. The van der Waals surface area contributed by atoms with Crippen molar-refractivity contribution in [3.05, 3.63) is 0 Å². The summed E-state index contributed by atoms with van der Waals surface area (Å²) in [4.78, 5) is 0. The molecule has 0 aromatic rings. The molecule has 0 saturated carbocycles. The fourth-order valence-electron chi connectivity index (χ4n) is 0.134. The van der Waals surface area contributed by atoms with E-state index >= 15 is 0 Å². The Labute approximate surface area is 85.7 Å². The van der Waals surface area contributed by atoms with Crippen molar-refractivity contribution >= 4 is 72.1 Å². The summed E-state index contributed by atoms with van der Waals surface area (Å²) in [7, 11) is 3.06. The average Bonchev–Trinajstić information content (AvgIpc) is 1.59. The van der Waals surface area contributed by atoms with Crippen LogP contribution < -0.4 is 0 Å². The molecule has 0 bridgehead atoms. The molecule has 0 rings (SSSR count). The highest BCUT2D eigenvalue weighted by Crippen LogP contribution is 2.45. The fourth-order valence-corrected chi connectivity index (χ4v) is 2.76. The van der Waals surface area contributed by atoms with Gasteiger partial charge in [0.1, 0.15) is 7.33 Å². The molecule has 0 aliphatic carbocycles. The monoisotopic (exact) mass is 236 g/mol. The van der Waals surface area contributed by atoms with Crippen LogP contribution in [0, 0.1) is 0 Å². The first kappa shape index (κ1) is 11.1. The van der Waals surface area contributed by atoms with Gasteiger partial charge >= 0.3 is 0 Å². The molecule has 0 aliphatic heterocycles. The minimum absolute atomic E-state index is 0.0358. The largest absolute Gasteiger partial charge is 0.154 e. The van der Waals surface area contributed by atoms with Crippen LogP contribution in [0.2, 0.25) is 0 Å². The van der Waals surface area contributed by atoms with Gasteiger partial charge in [0.2, 0.25) is 0 Å². The standard InChI is InChI=1S/C3H8S6/c1-3(6,7)9-8-2(4)5/h2,4-7H,1H3. The van der Waals surface area contributed by atoms with Gasteiger partial charge in [0.25, 0.3) is 0 Å². The zero-order chi connectivity index (χ0) is 7.49. The van der Waals surface area contributed by atoms with E-state index in [1.165, 1.54) is 21.6 Å². The third kappa shape index (κ3) is 10.1. The van der Waals surface area contributed by atoms with Crippen LogP contribution in [-0.2, 0) is 0 Å². The summed E-state index contributed by atoms with van der Waals surface area (Å²) in [6, 6.07) is 0. The van der Waals surface area contributed by atoms with Crippen molar-refractivity contribution in [2.24, 2.45) is 0 Å². The summed E-state index contributed by atoms with van der Waals surface area (Å²) in [5.74, 6) is 0. The average molecular weight is 236 g/mol. The molecule has 0 unspecified atom stereocenters. The van der Waals surface area contributed by atoms with E-state index in [-0.39, 0.29) is 7.33 Å². The van der Waals surface area contributed by atoms with Gasteiger partial charge in [-0.1, -0.05) is 21.6 Å². The number of hydrogen-bond donors (Lipinski definition) is 4. The molecule has 56 valence electrons. The highest BCUT2D eigenvalue weighted by atomic mass is 33.1. The van der Waals surface area contributed by atoms with Crippen LogP contribution in [0.1, 0.15) is 6.92 Å². The minimum Gasteiger partial charge on any atom is -0.154 e. The van der Waals surface area contributed by atoms with Crippen molar-refractivity contribution in [1.29, 1.82) is 0 Å². The van der Waals surface area contributed by atoms with Gasteiger partial charge in [0.05, 0.1) is 0 Å². The predicted octanol–water partition coefficient (Wildman–Crippen LogP) is 3.04. The molecule has 0 heterocycles. The van der Waals surface area contributed by atoms with Gasteiger partial charge in [-0.15, -0.1) is 0 Å². The lowest BCUT2D eigenvalue weighted by Crippen LogP contribution is -1.95. The van der Waals surface area contributed by atoms with Gasteiger partial charge in [-0.25, -0.2) is 0 Å². The van der Waals surface area contributed by atoms with Gasteiger partial charge in [-0.05, 0) is 6.92 Å². The van der Waals surface area contributed by atoms with Crippen molar-refractivity contribution in [2.75, 3.05) is 0 Å². The smallest absolute Gasteiger partial charge is 0.108 e. The van der Waals surface area contributed by atoms with E-state index < -0.39 is 0 Å². The molecule has 0 amide bonds. The summed E-state index contributed by atoms with van der Waals surface area (Å²) in [5, 5.41) is 0. The second kappa shape index (κ2) is 4.87. The minimum atomic E-state index is -0.297. The molecule has 0 aromatic heterocycles. The summed E-state index contributed by atoms with van der Waals surface area (Å²) >= 11 is 16.4. The van der Waals surface area contributed by atoms with E-state index in [9.17, 15) is 0 Å². The van der Waals surface area contributed by atoms with Crippen LogP contribution in [0.15, 0.2) is 0 Å². The van der Waals surface area contributed by atoms with Gasteiger partial charge in [0, 0.05) is 0 Å². The van der Waals surface area contributed by atoms with Gasteiger partial charge < -0.3 is 0 Å². The Morgan fingerprint density at radius 2 is 1.78 bits per heavy atom. The quantitative estimate of drug-likeness (QED) is 0.338. The molecule has 0 aliphatic rings. The molecular formula is C3H8S6. The van der Waals surface area contributed by atoms with Crippen LogP contribution in [0.3, 0.4) is 0 Å². The van der Waals surface area contributed by atoms with Crippen molar-refractivity contribution in [3.8, 4) is 0 Å². The van der Waals surface area contributed by atoms with Crippen molar-refractivity contribution in [1.82, 2.24) is 0 Å². The zero-order valence-electron chi connectivity index (χ0n) is 4.68.